The molecule has 0 atom stereocenters. The number of halogens is 2. The van der Waals surface area contributed by atoms with Crippen LogP contribution >= 0.6 is 23.2 Å². The van der Waals surface area contributed by atoms with Crippen molar-refractivity contribution in [2.45, 2.75) is 13.5 Å². The van der Waals surface area contributed by atoms with Crippen molar-refractivity contribution >= 4 is 29.1 Å². The van der Waals surface area contributed by atoms with Gasteiger partial charge in [0, 0.05) is 20.1 Å². The van der Waals surface area contributed by atoms with Crippen molar-refractivity contribution in [1.82, 2.24) is 10.2 Å². The number of likely N-dealkylation sites (N-methyl/N-ethyl adjacent to an activating group) is 1. The highest BCUT2D eigenvalue weighted by atomic mass is 35.5. The Bertz CT molecular complexity index is 396. The number of nitrogens with one attached hydrogen (secondary N) is 1. The van der Waals surface area contributed by atoms with E-state index in [1.165, 1.54) is 0 Å². The lowest BCUT2D eigenvalue weighted by Gasteiger charge is -2.15. The Balaban J connectivity index is 2.46. The smallest absolute Gasteiger partial charge is 0.236 e. The number of rotatable bonds is 5. The van der Waals surface area contributed by atoms with E-state index >= 15 is 0 Å². The first-order valence-corrected chi connectivity index (χ1v) is 6.19. The number of benzene rings is 1. The maximum absolute atomic E-state index is 11.5. The molecule has 0 aliphatic rings. The molecule has 0 bridgehead atoms. The largest absolute Gasteiger partial charge is 0.345 e. The number of amides is 1. The second-order valence-corrected chi connectivity index (χ2v) is 4.51. The molecule has 0 aliphatic carbocycles. The first-order chi connectivity index (χ1) is 8.06. The number of hydrogen-bond acceptors (Lipinski definition) is 2. The van der Waals surface area contributed by atoms with Crippen LogP contribution in [0.4, 0.5) is 0 Å². The zero-order valence-corrected chi connectivity index (χ0v) is 11.5. The molecule has 1 amide bonds. The molecule has 0 spiro atoms. The van der Waals surface area contributed by atoms with Gasteiger partial charge in [-0.15, -0.1) is 0 Å². The maximum atomic E-state index is 11.5. The highest BCUT2D eigenvalue weighted by molar-refractivity contribution is 6.42. The van der Waals surface area contributed by atoms with Gasteiger partial charge in [-0.05, 0) is 18.6 Å². The minimum atomic E-state index is 0.0608. The Labute approximate surface area is 112 Å². The lowest BCUT2D eigenvalue weighted by molar-refractivity contribution is -0.128. The van der Waals surface area contributed by atoms with Gasteiger partial charge in [0.25, 0.3) is 0 Å². The van der Waals surface area contributed by atoms with Gasteiger partial charge >= 0.3 is 0 Å². The molecule has 0 saturated heterocycles. The normalized spacial score (nSPS) is 10.4. The van der Waals surface area contributed by atoms with Crippen molar-refractivity contribution in [3.63, 3.8) is 0 Å². The molecule has 0 saturated carbocycles. The van der Waals surface area contributed by atoms with Crippen LogP contribution in [0.5, 0.6) is 0 Å². The van der Waals surface area contributed by atoms with Crippen LogP contribution in [0.2, 0.25) is 10.0 Å². The summed E-state index contributed by atoms with van der Waals surface area (Å²) >= 11 is 11.9. The van der Waals surface area contributed by atoms with E-state index in [1.54, 1.807) is 18.0 Å². The molecule has 0 aromatic heterocycles. The summed E-state index contributed by atoms with van der Waals surface area (Å²) in [6.45, 7) is 3.47. The predicted molar refractivity (Wildman–Crippen MR) is 71.5 cm³/mol. The van der Waals surface area contributed by atoms with Gasteiger partial charge in [-0.3, -0.25) is 4.79 Å². The van der Waals surface area contributed by atoms with Crippen molar-refractivity contribution in [1.29, 1.82) is 0 Å². The average Bonchev–Trinajstić information content (AvgIpc) is 2.33. The molecular formula is C12H16Cl2N2O. The highest BCUT2D eigenvalue weighted by Gasteiger charge is 2.07. The van der Waals surface area contributed by atoms with E-state index in [-0.39, 0.29) is 5.91 Å². The van der Waals surface area contributed by atoms with Gasteiger partial charge in [0.2, 0.25) is 5.91 Å². The first kappa shape index (κ1) is 14.3. The SMILES string of the molecule is CCN(C)C(=O)CNCc1cccc(Cl)c1Cl. The van der Waals surface area contributed by atoms with Crippen LogP contribution in [0.25, 0.3) is 0 Å². The zero-order valence-electron chi connectivity index (χ0n) is 9.96. The Morgan fingerprint density at radius 3 is 2.76 bits per heavy atom. The summed E-state index contributed by atoms with van der Waals surface area (Å²) in [4.78, 5) is 13.2. The number of carbonyl (C=O) groups is 1. The topological polar surface area (TPSA) is 32.3 Å². The molecule has 0 fully saturated rings. The fourth-order valence-electron chi connectivity index (χ4n) is 1.30. The van der Waals surface area contributed by atoms with Crippen molar-refractivity contribution in [2.24, 2.45) is 0 Å². The minimum Gasteiger partial charge on any atom is -0.345 e. The second kappa shape index (κ2) is 6.84. The number of carbonyl (C=O) groups excluding carboxylic acids is 1. The molecular weight excluding hydrogens is 259 g/mol. The van der Waals surface area contributed by atoms with E-state index in [0.29, 0.717) is 29.7 Å². The van der Waals surface area contributed by atoms with Gasteiger partial charge in [-0.25, -0.2) is 0 Å². The van der Waals surface area contributed by atoms with Crippen molar-refractivity contribution in [2.75, 3.05) is 20.1 Å². The third-order valence-electron chi connectivity index (χ3n) is 2.52. The summed E-state index contributed by atoms with van der Waals surface area (Å²) in [5, 5.41) is 4.12. The van der Waals surface area contributed by atoms with E-state index in [4.69, 9.17) is 23.2 Å². The molecule has 1 aromatic carbocycles. The Kier molecular flexibility index (Phi) is 5.75. The van der Waals surface area contributed by atoms with Gasteiger partial charge in [0.1, 0.15) is 0 Å². The monoisotopic (exact) mass is 274 g/mol. The van der Waals surface area contributed by atoms with Crippen LogP contribution in [-0.4, -0.2) is 30.9 Å². The van der Waals surface area contributed by atoms with Gasteiger partial charge in [-0.1, -0.05) is 35.3 Å². The van der Waals surface area contributed by atoms with Crippen molar-refractivity contribution in [3.05, 3.63) is 33.8 Å². The van der Waals surface area contributed by atoms with Gasteiger partial charge in [0.15, 0.2) is 0 Å². The molecule has 0 aliphatic heterocycles. The van der Waals surface area contributed by atoms with E-state index < -0.39 is 0 Å². The Morgan fingerprint density at radius 2 is 2.12 bits per heavy atom. The summed E-state index contributed by atoms with van der Waals surface area (Å²) in [7, 11) is 1.77. The van der Waals surface area contributed by atoms with E-state index in [9.17, 15) is 4.79 Å². The first-order valence-electron chi connectivity index (χ1n) is 5.43. The zero-order chi connectivity index (χ0) is 12.8. The second-order valence-electron chi connectivity index (χ2n) is 3.72. The van der Waals surface area contributed by atoms with Crippen LogP contribution in [-0.2, 0) is 11.3 Å². The predicted octanol–water partition coefficient (Wildman–Crippen LogP) is 2.56. The molecule has 1 N–H and O–H groups in total. The Hall–Kier alpha value is -0.770. The molecule has 94 valence electrons. The summed E-state index contributed by atoms with van der Waals surface area (Å²) in [6.07, 6.45) is 0. The molecule has 1 aromatic rings. The minimum absolute atomic E-state index is 0.0608. The van der Waals surface area contributed by atoms with Crippen LogP contribution in [0.1, 0.15) is 12.5 Å². The van der Waals surface area contributed by atoms with E-state index in [2.05, 4.69) is 5.32 Å². The lowest BCUT2D eigenvalue weighted by Crippen LogP contribution is -2.35. The van der Waals surface area contributed by atoms with Crippen LogP contribution in [0.15, 0.2) is 18.2 Å². The number of hydrogen-bond donors (Lipinski definition) is 1. The highest BCUT2D eigenvalue weighted by Crippen LogP contribution is 2.25. The van der Waals surface area contributed by atoms with Gasteiger partial charge in [-0.2, -0.15) is 0 Å². The summed E-state index contributed by atoms with van der Waals surface area (Å²) in [5.74, 6) is 0.0608. The fourth-order valence-corrected chi connectivity index (χ4v) is 1.69. The standard InChI is InChI=1S/C12H16Cl2N2O/c1-3-16(2)11(17)8-15-7-9-5-4-6-10(13)12(9)14/h4-6,15H,3,7-8H2,1-2H3. The molecule has 3 nitrogen and oxygen atoms in total. The summed E-state index contributed by atoms with van der Waals surface area (Å²) in [5.41, 5.74) is 0.895. The third kappa shape index (κ3) is 4.19. The third-order valence-corrected chi connectivity index (χ3v) is 3.38. The Morgan fingerprint density at radius 1 is 1.41 bits per heavy atom. The molecule has 1 rings (SSSR count). The molecule has 0 radical (unpaired) electrons. The quantitative estimate of drug-likeness (QED) is 0.895. The molecule has 17 heavy (non-hydrogen) atoms. The lowest BCUT2D eigenvalue weighted by atomic mass is 10.2. The van der Waals surface area contributed by atoms with Crippen LogP contribution in [0, 0.1) is 0 Å². The summed E-state index contributed by atoms with van der Waals surface area (Å²) < 4.78 is 0. The molecule has 0 heterocycles. The fraction of sp³-hybridized carbons (Fsp3) is 0.417. The van der Waals surface area contributed by atoms with Crippen LogP contribution in [0.3, 0.4) is 0 Å². The van der Waals surface area contributed by atoms with Gasteiger partial charge < -0.3 is 10.2 Å². The van der Waals surface area contributed by atoms with Crippen LogP contribution < -0.4 is 5.32 Å². The summed E-state index contributed by atoms with van der Waals surface area (Å²) in [6, 6.07) is 5.46. The van der Waals surface area contributed by atoms with Crippen molar-refractivity contribution < 1.29 is 4.79 Å². The van der Waals surface area contributed by atoms with Gasteiger partial charge in [0.05, 0.1) is 16.6 Å². The van der Waals surface area contributed by atoms with E-state index in [1.807, 2.05) is 19.1 Å². The molecule has 0 unspecified atom stereocenters. The maximum Gasteiger partial charge on any atom is 0.236 e. The average molecular weight is 275 g/mol. The van der Waals surface area contributed by atoms with Crippen molar-refractivity contribution in [3.8, 4) is 0 Å². The number of nitrogens with zero attached hydrogens (tertiary/aromatic N) is 1. The molecule has 5 heteroatoms. The van der Waals surface area contributed by atoms with E-state index in [0.717, 1.165) is 5.56 Å².